The van der Waals surface area contributed by atoms with Gasteiger partial charge in [0.1, 0.15) is 11.8 Å². The number of benzene rings is 3. The van der Waals surface area contributed by atoms with Crippen molar-refractivity contribution in [2.45, 2.75) is 25.9 Å². The zero-order chi connectivity index (χ0) is 24.9. The van der Waals surface area contributed by atoms with Crippen LogP contribution in [0.1, 0.15) is 29.3 Å². The molecule has 1 unspecified atom stereocenters. The molecule has 1 aliphatic rings. The minimum atomic E-state index is -0.797. The van der Waals surface area contributed by atoms with Crippen molar-refractivity contribution in [3.63, 3.8) is 0 Å². The first-order valence-corrected chi connectivity index (χ1v) is 11.5. The smallest absolute Gasteiger partial charge is 0.256 e. The Labute approximate surface area is 209 Å². The number of amides is 2. The van der Waals surface area contributed by atoms with Crippen LogP contribution in [0.2, 0.25) is 0 Å². The van der Waals surface area contributed by atoms with E-state index in [0.717, 1.165) is 11.3 Å². The average molecular weight is 488 g/mol. The molecule has 35 heavy (non-hydrogen) atoms. The van der Waals surface area contributed by atoms with Crippen molar-refractivity contribution in [1.29, 1.82) is 0 Å². The molecule has 1 heterocycles. The number of Topliss-reactive ketones (excluding diaryl/α,β-unsaturated/α-hetero) is 1. The molecule has 7 nitrogen and oxygen atoms in total. The van der Waals surface area contributed by atoms with E-state index in [1.54, 1.807) is 48.4 Å². The molecule has 0 spiro atoms. The Kier molecular flexibility index (Phi) is 7.22. The summed E-state index contributed by atoms with van der Waals surface area (Å²) in [7, 11) is 1.59. The molecule has 1 saturated heterocycles. The molecule has 0 saturated carbocycles. The predicted molar refractivity (Wildman–Crippen MR) is 139 cm³/mol. The highest BCUT2D eigenvalue weighted by Crippen LogP contribution is 2.30. The number of ether oxygens (including phenoxy) is 1. The summed E-state index contributed by atoms with van der Waals surface area (Å²) in [5.74, 6) is -0.00239. The maximum absolute atomic E-state index is 13.6. The summed E-state index contributed by atoms with van der Waals surface area (Å²) in [6, 6.07) is 22.5. The van der Waals surface area contributed by atoms with E-state index in [2.05, 4.69) is 5.32 Å². The maximum Gasteiger partial charge on any atom is 0.256 e. The van der Waals surface area contributed by atoms with Gasteiger partial charge in [0.2, 0.25) is 5.91 Å². The minimum absolute atomic E-state index is 0.0765. The van der Waals surface area contributed by atoms with Gasteiger partial charge in [0.05, 0.1) is 19.2 Å². The fourth-order valence-electron chi connectivity index (χ4n) is 3.95. The number of hydrogen-bond donors (Lipinski definition) is 1. The quantitative estimate of drug-likeness (QED) is 0.374. The van der Waals surface area contributed by atoms with Crippen LogP contribution in [0.5, 0.6) is 5.75 Å². The van der Waals surface area contributed by atoms with Crippen LogP contribution in [-0.2, 0) is 16.1 Å². The third kappa shape index (κ3) is 5.38. The summed E-state index contributed by atoms with van der Waals surface area (Å²) in [5.41, 5.74) is 2.54. The van der Waals surface area contributed by atoms with E-state index in [4.69, 9.17) is 17.0 Å². The van der Waals surface area contributed by atoms with E-state index in [9.17, 15) is 14.4 Å². The van der Waals surface area contributed by atoms with Crippen LogP contribution in [0, 0.1) is 0 Å². The van der Waals surface area contributed by atoms with Gasteiger partial charge in [-0.2, -0.15) is 0 Å². The van der Waals surface area contributed by atoms with E-state index in [1.807, 2.05) is 42.5 Å². The Morgan fingerprint density at radius 3 is 2.37 bits per heavy atom. The monoisotopic (exact) mass is 487 g/mol. The zero-order valence-electron chi connectivity index (χ0n) is 19.4. The van der Waals surface area contributed by atoms with Crippen LogP contribution < -0.4 is 15.0 Å². The van der Waals surface area contributed by atoms with Crippen molar-refractivity contribution < 1.29 is 19.1 Å². The maximum atomic E-state index is 13.6. The molecule has 4 rings (SSSR count). The number of hydrogen-bond acceptors (Lipinski definition) is 5. The van der Waals surface area contributed by atoms with Crippen LogP contribution in [-0.4, -0.2) is 40.8 Å². The normalized spacial score (nSPS) is 15.3. The molecule has 2 amide bonds. The second kappa shape index (κ2) is 10.5. The summed E-state index contributed by atoms with van der Waals surface area (Å²) < 4.78 is 5.23. The Morgan fingerprint density at radius 1 is 1.00 bits per heavy atom. The molecule has 3 aromatic rings. The van der Waals surface area contributed by atoms with Gasteiger partial charge >= 0.3 is 0 Å². The van der Waals surface area contributed by atoms with Crippen LogP contribution in [0.15, 0.2) is 78.9 Å². The molecular weight excluding hydrogens is 462 g/mol. The molecule has 178 valence electrons. The van der Waals surface area contributed by atoms with Gasteiger partial charge in [-0.25, -0.2) is 0 Å². The summed E-state index contributed by atoms with van der Waals surface area (Å²) in [6.07, 6.45) is -0.0765. The number of carbonyl (C=O) groups excluding carboxylic acids is 3. The molecule has 1 atom stereocenters. The van der Waals surface area contributed by atoms with Crippen molar-refractivity contribution in [3.8, 4) is 5.75 Å². The molecular formula is C27H25N3O4S. The second-order valence-corrected chi connectivity index (χ2v) is 8.54. The summed E-state index contributed by atoms with van der Waals surface area (Å²) in [6.45, 7) is 1.80. The Hall–Kier alpha value is -4.04. The number of carbonyl (C=O) groups is 3. The molecule has 0 aromatic heterocycles. The minimum Gasteiger partial charge on any atom is -0.497 e. The predicted octanol–water partition coefficient (Wildman–Crippen LogP) is 4.43. The molecule has 1 aliphatic heterocycles. The van der Waals surface area contributed by atoms with Crippen LogP contribution >= 0.6 is 12.2 Å². The van der Waals surface area contributed by atoms with Gasteiger partial charge in [-0.05, 0) is 61.1 Å². The first-order valence-electron chi connectivity index (χ1n) is 11.1. The van der Waals surface area contributed by atoms with Gasteiger partial charge < -0.3 is 15.0 Å². The Balaban J connectivity index is 1.63. The van der Waals surface area contributed by atoms with Gasteiger partial charge in [0.25, 0.3) is 5.91 Å². The lowest BCUT2D eigenvalue weighted by Gasteiger charge is -2.24. The number of thiocarbonyl (C=S) groups is 1. The lowest BCUT2D eigenvalue weighted by molar-refractivity contribution is -0.124. The van der Waals surface area contributed by atoms with Gasteiger partial charge in [-0.15, -0.1) is 0 Å². The third-order valence-electron chi connectivity index (χ3n) is 5.78. The van der Waals surface area contributed by atoms with E-state index < -0.39 is 6.04 Å². The molecule has 0 radical (unpaired) electrons. The lowest BCUT2D eigenvalue weighted by atomic mass is 10.1. The summed E-state index contributed by atoms with van der Waals surface area (Å²) >= 11 is 5.73. The first-order chi connectivity index (χ1) is 16.9. The number of methoxy groups -OCH3 is 1. The molecule has 0 aliphatic carbocycles. The molecule has 1 fully saturated rings. The van der Waals surface area contributed by atoms with E-state index in [0.29, 0.717) is 23.5 Å². The van der Waals surface area contributed by atoms with Gasteiger partial charge in [-0.1, -0.05) is 42.5 Å². The van der Waals surface area contributed by atoms with Crippen molar-refractivity contribution in [3.05, 3.63) is 90.0 Å². The Bertz CT molecular complexity index is 1260. The summed E-state index contributed by atoms with van der Waals surface area (Å²) in [5, 5.41) is 3.12. The molecule has 0 bridgehead atoms. The van der Waals surface area contributed by atoms with Gasteiger partial charge in [0, 0.05) is 17.8 Å². The van der Waals surface area contributed by atoms with E-state index in [1.165, 1.54) is 11.8 Å². The van der Waals surface area contributed by atoms with Crippen LogP contribution in [0.4, 0.5) is 11.4 Å². The van der Waals surface area contributed by atoms with Crippen molar-refractivity contribution in [2.24, 2.45) is 0 Å². The standard InChI is InChI=1S/C27H25N3O4S/c1-18(31)20-7-6-10-22(15-20)30-26(33)24(16-25(32)28-21-8-4-3-5-9-21)29(27(30)35)17-19-11-13-23(34-2)14-12-19/h3-15,24H,16-17H2,1-2H3,(H,28,32). The zero-order valence-corrected chi connectivity index (χ0v) is 20.2. The van der Waals surface area contributed by atoms with Crippen molar-refractivity contribution in [1.82, 2.24) is 4.90 Å². The van der Waals surface area contributed by atoms with Crippen molar-refractivity contribution >= 4 is 46.3 Å². The van der Waals surface area contributed by atoms with Gasteiger partial charge in [-0.3, -0.25) is 19.3 Å². The summed E-state index contributed by atoms with van der Waals surface area (Å²) in [4.78, 5) is 41.5. The van der Waals surface area contributed by atoms with Gasteiger partial charge in [0.15, 0.2) is 10.9 Å². The van der Waals surface area contributed by atoms with E-state index in [-0.39, 0.29) is 29.1 Å². The Morgan fingerprint density at radius 2 is 1.71 bits per heavy atom. The number of anilines is 2. The third-order valence-corrected chi connectivity index (χ3v) is 6.19. The number of ketones is 1. The van der Waals surface area contributed by atoms with Crippen LogP contribution in [0.25, 0.3) is 0 Å². The average Bonchev–Trinajstić information content (AvgIpc) is 3.09. The fourth-order valence-corrected chi connectivity index (χ4v) is 4.34. The number of rotatable bonds is 8. The molecule has 1 N–H and O–H groups in total. The first kappa shape index (κ1) is 24.1. The molecule has 3 aromatic carbocycles. The largest absolute Gasteiger partial charge is 0.497 e. The highest BCUT2D eigenvalue weighted by Gasteiger charge is 2.44. The highest BCUT2D eigenvalue weighted by atomic mass is 32.1. The van der Waals surface area contributed by atoms with Crippen LogP contribution in [0.3, 0.4) is 0 Å². The topological polar surface area (TPSA) is 79.0 Å². The SMILES string of the molecule is COc1ccc(CN2C(=S)N(c3cccc(C(C)=O)c3)C(=O)C2CC(=O)Nc2ccccc2)cc1. The van der Waals surface area contributed by atoms with E-state index >= 15 is 0 Å². The highest BCUT2D eigenvalue weighted by molar-refractivity contribution is 7.80. The number of para-hydroxylation sites is 1. The molecule has 8 heteroatoms. The van der Waals surface area contributed by atoms with Crippen molar-refractivity contribution in [2.75, 3.05) is 17.3 Å². The second-order valence-electron chi connectivity index (χ2n) is 8.17. The lowest BCUT2D eigenvalue weighted by Crippen LogP contribution is -2.37. The fraction of sp³-hybridized carbons (Fsp3) is 0.185. The number of nitrogens with zero attached hydrogens (tertiary/aromatic N) is 2. The number of nitrogens with one attached hydrogen (secondary N) is 1.